The topological polar surface area (TPSA) is 68.9 Å². The fourth-order valence-corrected chi connectivity index (χ4v) is 4.33. The summed E-state index contributed by atoms with van der Waals surface area (Å²) in [4.78, 5) is 25.9. The maximum atomic E-state index is 14.4. The molecule has 4 rings (SSSR count). The van der Waals surface area contributed by atoms with Crippen LogP contribution in [0.1, 0.15) is 22.3 Å². The highest BCUT2D eigenvalue weighted by molar-refractivity contribution is 6.30. The predicted molar refractivity (Wildman–Crippen MR) is 135 cm³/mol. The van der Waals surface area contributed by atoms with Gasteiger partial charge in [0.25, 0.3) is 0 Å². The largest absolute Gasteiger partial charge is 0.416 e. The number of alkyl halides is 3. The van der Waals surface area contributed by atoms with Gasteiger partial charge in [-0.25, -0.2) is 13.9 Å². The number of nitrogens with zero attached hydrogens (tertiary/aromatic N) is 3. The van der Waals surface area contributed by atoms with Gasteiger partial charge >= 0.3 is 11.9 Å². The molecule has 0 fully saturated rings. The van der Waals surface area contributed by atoms with Gasteiger partial charge < -0.3 is 5.32 Å². The zero-order valence-electron chi connectivity index (χ0n) is 20.2. The number of amides is 1. The lowest BCUT2D eigenvalue weighted by Crippen LogP contribution is -2.35. The summed E-state index contributed by atoms with van der Waals surface area (Å²) in [5.41, 5.74) is 0.195. The molecule has 0 atom stereocenters. The Hall–Kier alpha value is -3.92. The molecule has 0 bridgehead atoms. The van der Waals surface area contributed by atoms with Crippen LogP contribution in [0.15, 0.2) is 71.5 Å². The molecule has 0 aliphatic heterocycles. The summed E-state index contributed by atoms with van der Waals surface area (Å²) in [6.07, 6.45) is -4.55. The van der Waals surface area contributed by atoms with E-state index in [9.17, 15) is 27.2 Å². The average molecular weight is 547 g/mol. The molecule has 1 amide bonds. The molecule has 38 heavy (non-hydrogen) atoms. The van der Waals surface area contributed by atoms with Crippen LogP contribution in [-0.4, -0.2) is 26.8 Å². The molecule has 1 N–H and O–H groups in total. The lowest BCUT2D eigenvalue weighted by Gasteiger charge is -2.12. The van der Waals surface area contributed by atoms with Crippen molar-refractivity contribution in [2.45, 2.75) is 32.6 Å². The normalized spacial score (nSPS) is 11.5. The van der Waals surface area contributed by atoms with E-state index in [-0.39, 0.29) is 36.5 Å². The summed E-state index contributed by atoms with van der Waals surface area (Å²) in [6, 6.07) is 16.1. The van der Waals surface area contributed by atoms with Gasteiger partial charge in [0.1, 0.15) is 12.4 Å². The van der Waals surface area contributed by atoms with Crippen LogP contribution >= 0.6 is 11.6 Å². The van der Waals surface area contributed by atoms with E-state index >= 15 is 0 Å². The standard InChI is InChI=1S/C27H23ClF4N4O2/c1-17-14-20(28)10-11-21(17)25-34-36(26(38)35(25)15-19-7-3-5-9-23(19)29)16-24(37)33-13-12-18-6-2-4-8-22(18)27(30,31)32/h2-11,14H,12-13,15-16H2,1H3,(H,33,37). The SMILES string of the molecule is Cc1cc(Cl)ccc1-c1nn(CC(=O)NCCc2ccccc2C(F)(F)F)c(=O)n1Cc1ccccc1F. The zero-order chi connectivity index (χ0) is 27.4. The van der Waals surface area contributed by atoms with Crippen molar-refractivity contribution in [2.75, 3.05) is 6.54 Å². The molecule has 1 aromatic heterocycles. The van der Waals surface area contributed by atoms with Crippen LogP contribution in [-0.2, 0) is 30.5 Å². The Balaban J connectivity index is 1.56. The van der Waals surface area contributed by atoms with E-state index < -0.39 is 35.7 Å². The maximum absolute atomic E-state index is 14.4. The molecular weight excluding hydrogens is 524 g/mol. The molecule has 0 unspecified atom stereocenters. The second kappa shape index (κ2) is 11.2. The Morgan fingerprint density at radius 2 is 1.71 bits per heavy atom. The number of nitrogens with one attached hydrogen (secondary N) is 1. The molecule has 198 valence electrons. The number of aromatic nitrogens is 3. The Kier molecular flexibility index (Phi) is 8.01. The highest BCUT2D eigenvalue weighted by atomic mass is 35.5. The third-order valence-electron chi connectivity index (χ3n) is 5.97. The molecule has 1 heterocycles. The van der Waals surface area contributed by atoms with Crippen LogP contribution < -0.4 is 11.0 Å². The van der Waals surface area contributed by atoms with Crippen molar-refractivity contribution in [2.24, 2.45) is 0 Å². The van der Waals surface area contributed by atoms with Crippen LogP contribution in [0.25, 0.3) is 11.4 Å². The van der Waals surface area contributed by atoms with E-state index in [0.29, 0.717) is 10.6 Å². The van der Waals surface area contributed by atoms with E-state index in [1.54, 1.807) is 37.3 Å². The summed E-state index contributed by atoms with van der Waals surface area (Å²) in [5.74, 6) is -0.881. The molecule has 0 saturated carbocycles. The molecule has 0 saturated heterocycles. The smallest absolute Gasteiger partial charge is 0.354 e. The lowest BCUT2D eigenvalue weighted by atomic mass is 10.0. The monoisotopic (exact) mass is 546 g/mol. The lowest BCUT2D eigenvalue weighted by molar-refractivity contribution is -0.138. The number of hydrogen-bond donors (Lipinski definition) is 1. The van der Waals surface area contributed by atoms with Crippen molar-refractivity contribution < 1.29 is 22.4 Å². The van der Waals surface area contributed by atoms with Crippen molar-refractivity contribution in [1.29, 1.82) is 0 Å². The fraction of sp³-hybridized carbons (Fsp3) is 0.222. The summed E-state index contributed by atoms with van der Waals surface area (Å²) in [5, 5.41) is 7.37. The summed E-state index contributed by atoms with van der Waals surface area (Å²) in [7, 11) is 0. The van der Waals surface area contributed by atoms with Crippen LogP contribution in [0.3, 0.4) is 0 Å². The van der Waals surface area contributed by atoms with Crippen LogP contribution in [0.5, 0.6) is 0 Å². The Bertz CT molecular complexity index is 1530. The number of rotatable bonds is 8. The second-order valence-electron chi connectivity index (χ2n) is 8.66. The molecule has 11 heteroatoms. The molecule has 0 spiro atoms. The van der Waals surface area contributed by atoms with E-state index in [4.69, 9.17) is 11.6 Å². The minimum atomic E-state index is -4.50. The molecule has 0 aliphatic carbocycles. The Labute approximate surface area is 220 Å². The fourth-order valence-electron chi connectivity index (χ4n) is 4.10. The quantitative estimate of drug-likeness (QED) is 0.307. The highest BCUT2D eigenvalue weighted by Gasteiger charge is 2.32. The molecule has 0 aliphatic rings. The van der Waals surface area contributed by atoms with Gasteiger partial charge in [-0.3, -0.25) is 9.36 Å². The van der Waals surface area contributed by atoms with Crippen molar-refractivity contribution >= 4 is 17.5 Å². The second-order valence-corrected chi connectivity index (χ2v) is 9.09. The van der Waals surface area contributed by atoms with Crippen molar-refractivity contribution in [1.82, 2.24) is 19.7 Å². The first-order valence-corrected chi connectivity index (χ1v) is 12.0. The summed E-state index contributed by atoms with van der Waals surface area (Å²) in [6.45, 7) is 1.12. The van der Waals surface area contributed by atoms with Gasteiger partial charge in [-0.05, 0) is 54.8 Å². The van der Waals surface area contributed by atoms with Gasteiger partial charge in [0, 0.05) is 22.7 Å². The Morgan fingerprint density at radius 3 is 2.39 bits per heavy atom. The molecule has 4 aromatic rings. The molecular formula is C27H23ClF4N4O2. The number of aryl methyl sites for hydroxylation is 1. The van der Waals surface area contributed by atoms with Crippen molar-refractivity contribution in [3.8, 4) is 11.4 Å². The van der Waals surface area contributed by atoms with E-state index in [0.717, 1.165) is 16.3 Å². The molecule has 3 aromatic carbocycles. The number of carbonyl (C=O) groups is 1. The van der Waals surface area contributed by atoms with Gasteiger partial charge in [0.15, 0.2) is 5.82 Å². The third kappa shape index (κ3) is 6.13. The Morgan fingerprint density at radius 1 is 1.03 bits per heavy atom. The first-order valence-electron chi connectivity index (χ1n) is 11.6. The minimum Gasteiger partial charge on any atom is -0.354 e. The predicted octanol–water partition coefficient (Wildman–Crippen LogP) is 5.24. The van der Waals surface area contributed by atoms with Gasteiger partial charge in [0.05, 0.1) is 12.1 Å². The average Bonchev–Trinajstić information content (AvgIpc) is 3.14. The zero-order valence-corrected chi connectivity index (χ0v) is 21.0. The molecule has 0 radical (unpaired) electrons. The van der Waals surface area contributed by atoms with E-state index in [1.807, 2.05) is 0 Å². The van der Waals surface area contributed by atoms with Gasteiger partial charge in [0.2, 0.25) is 5.91 Å². The van der Waals surface area contributed by atoms with E-state index in [2.05, 4.69) is 10.4 Å². The number of hydrogen-bond acceptors (Lipinski definition) is 3. The summed E-state index contributed by atoms with van der Waals surface area (Å²) >= 11 is 6.07. The summed E-state index contributed by atoms with van der Waals surface area (Å²) < 4.78 is 56.2. The van der Waals surface area contributed by atoms with E-state index in [1.165, 1.54) is 34.9 Å². The van der Waals surface area contributed by atoms with Gasteiger partial charge in [-0.1, -0.05) is 48.0 Å². The van der Waals surface area contributed by atoms with Crippen LogP contribution in [0.4, 0.5) is 17.6 Å². The minimum absolute atomic E-state index is 0.0483. The number of carbonyl (C=O) groups excluding carboxylic acids is 1. The van der Waals surface area contributed by atoms with Crippen LogP contribution in [0.2, 0.25) is 5.02 Å². The maximum Gasteiger partial charge on any atom is 0.416 e. The molecule has 6 nitrogen and oxygen atoms in total. The first-order chi connectivity index (χ1) is 18.0. The van der Waals surface area contributed by atoms with Crippen molar-refractivity contribution in [3.05, 3.63) is 110 Å². The van der Waals surface area contributed by atoms with Crippen molar-refractivity contribution in [3.63, 3.8) is 0 Å². The van der Waals surface area contributed by atoms with Gasteiger partial charge in [-0.2, -0.15) is 13.2 Å². The van der Waals surface area contributed by atoms with Gasteiger partial charge in [-0.15, -0.1) is 5.10 Å². The number of halogens is 5. The highest BCUT2D eigenvalue weighted by Crippen LogP contribution is 2.32. The third-order valence-corrected chi connectivity index (χ3v) is 6.21. The number of benzene rings is 3. The van der Waals surface area contributed by atoms with Crippen LogP contribution in [0, 0.1) is 12.7 Å². The first kappa shape index (κ1) is 27.1.